The molecule has 2 aromatic rings. The fraction of sp³-hybridized carbons (Fsp3) is 0.294. The SMILES string of the molecule is CCCNCc1ccc(-c2ccc(C)cc2)c(Cl)c1. The summed E-state index contributed by atoms with van der Waals surface area (Å²) in [4.78, 5) is 0. The van der Waals surface area contributed by atoms with Crippen LogP contribution in [-0.2, 0) is 6.54 Å². The molecular weight excluding hydrogens is 254 g/mol. The van der Waals surface area contributed by atoms with Crippen molar-refractivity contribution in [3.8, 4) is 11.1 Å². The van der Waals surface area contributed by atoms with Crippen LogP contribution < -0.4 is 5.32 Å². The molecule has 0 fully saturated rings. The van der Waals surface area contributed by atoms with E-state index in [0.717, 1.165) is 30.1 Å². The van der Waals surface area contributed by atoms with Gasteiger partial charge in [-0.05, 0) is 37.1 Å². The van der Waals surface area contributed by atoms with E-state index in [0.29, 0.717) is 0 Å². The fourth-order valence-corrected chi connectivity index (χ4v) is 2.36. The molecule has 0 aliphatic carbocycles. The van der Waals surface area contributed by atoms with Crippen LogP contribution in [0.1, 0.15) is 24.5 Å². The molecular formula is C17H20ClN. The minimum Gasteiger partial charge on any atom is -0.313 e. The number of nitrogens with one attached hydrogen (secondary N) is 1. The van der Waals surface area contributed by atoms with Crippen molar-refractivity contribution in [1.29, 1.82) is 0 Å². The van der Waals surface area contributed by atoms with Gasteiger partial charge in [0.15, 0.2) is 0 Å². The normalized spacial score (nSPS) is 10.7. The van der Waals surface area contributed by atoms with Crippen LogP contribution in [0.25, 0.3) is 11.1 Å². The van der Waals surface area contributed by atoms with E-state index in [2.05, 4.69) is 61.6 Å². The number of hydrogen-bond acceptors (Lipinski definition) is 1. The molecule has 1 N–H and O–H groups in total. The van der Waals surface area contributed by atoms with Crippen LogP contribution in [0.15, 0.2) is 42.5 Å². The van der Waals surface area contributed by atoms with Crippen LogP contribution in [0, 0.1) is 6.92 Å². The molecule has 0 unspecified atom stereocenters. The molecule has 19 heavy (non-hydrogen) atoms. The van der Waals surface area contributed by atoms with Crippen LogP contribution >= 0.6 is 11.6 Å². The molecule has 0 atom stereocenters. The Morgan fingerprint density at radius 2 is 1.79 bits per heavy atom. The van der Waals surface area contributed by atoms with Gasteiger partial charge in [0.25, 0.3) is 0 Å². The Hall–Kier alpha value is -1.31. The lowest BCUT2D eigenvalue weighted by atomic mass is 10.0. The number of aryl methyl sites for hydroxylation is 1. The molecule has 0 amide bonds. The first-order valence-electron chi connectivity index (χ1n) is 6.77. The summed E-state index contributed by atoms with van der Waals surface area (Å²) in [6.45, 7) is 6.17. The lowest BCUT2D eigenvalue weighted by Crippen LogP contribution is -2.13. The molecule has 0 bridgehead atoms. The van der Waals surface area contributed by atoms with Crippen molar-refractivity contribution in [2.45, 2.75) is 26.8 Å². The molecule has 0 heterocycles. The quantitative estimate of drug-likeness (QED) is 0.771. The summed E-state index contributed by atoms with van der Waals surface area (Å²) < 4.78 is 0. The Morgan fingerprint density at radius 1 is 1.05 bits per heavy atom. The first-order chi connectivity index (χ1) is 9.20. The van der Waals surface area contributed by atoms with Gasteiger partial charge in [0, 0.05) is 17.1 Å². The predicted octanol–water partition coefficient (Wildman–Crippen LogP) is 4.82. The van der Waals surface area contributed by atoms with E-state index in [1.807, 2.05) is 0 Å². The van der Waals surface area contributed by atoms with Gasteiger partial charge in [-0.15, -0.1) is 0 Å². The standard InChI is InChI=1S/C17H20ClN/c1-3-10-19-12-14-6-9-16(17(18)11-14)15-7-4-13(2)5-8-15/h4-9,11,19H,3,10,12H2,1-2H3. The topological polar surface area (TPSA) is 12.0 Å². The summed E-state index contributed by atoms with van der Waals surface area (Å²) in [6, 6.07) is 14.8. The Kier molecular flexibility index (Phi) is 5.00. The van der Waals surface area contributed by atoms with E-state index in [1.165, 1.54) is 16.7 Å². The summed E-state index contributed by atoms with van der Waals surface area (Å²) in [5.41, 5.74) is 4.76. The van der Waals surface area contributed by atoms with Crippen LogP contribution in [0.4, 0.5) is 0 Å². The summed E-state index contributed by atoms with van der Waals surface area (Å²) in [5.74, 6) is 0. The van der Waals surface area contributed by atoms with Crippen molar-refractivity contribution in [2.24, 2.45) is 0 Å². The molecule has 1 nitrogen and oxygen atoms in total. The van der Waals surface area contributed by atoms with Gasteiger partial charge in [-0.2, -0.15) is 0 Å². The van der Waals surface area contributed by atoms with Crippen LogP contribution in [0.3, 0.4) is 0 Å². The van der Waals surface area contributed by atoms with Crippen LogP contribution in [0.5, 0.6) is 0 Å². The largest absolute Gasteiger partial charge is 0.313 e. The lowest BCUT2D eigenvalue weighted by Gasteiger charge is -2.08. The molecule has 0 aliphatic rings. The van der Waals surface area contributed by atoms with Gasteiger partial charge in [0.05, 0.1) is 0 Å². The van der Waals surface area contributed by atoms with E-state index in [-0.39, 0.29) is 0 Å². The summed E-state index contributed by atoms with van der Waals surface area (Å²) in [5, 5.41) is 4.21. The van der Waals surface area contributed by atoms with Gasteiger partial charge in [-0.3, -0.25) is 0 Å². The summed E-state index contributed by atoms with van der Waals surface area (Å²) >= 11 is 6.39. The minimum atomic E-state index is 0.819. The van der Waals surface area contributed by atoms with Gasteiger partial charge >= 0.3 is 0 Å². The molecule has 0 radical (unpaired) electrons. The third-order valence-electron chi connectivity index (χ3n) is 3.15. The van der Waals surface area contributed by atoms with E-state index in [1.54, 1.807) is 0 Å². The molecule has 2 aromatic carbocycles. The van der Waals surface area contributed by atoms with Crippen molar-refractivity contribution in [1.82, 2.24) is 5.32 Å². The average molecular weight is 274 g/mol. The van der Waals surface area contributed by atoms with Gasteiger partial charge in [0.1, 0.15) is 0 Å². The third-order valence-corrected chi connectivity index (χ3v) is 3.46. The van der Waals surface area contributed by atoms with E-state index < -0.39 is 0 Å². The zero-order valence-electron chi connectivity index (χ0n) is 11.5. The first kappa shape index (κ1) is 14.1. The number of rotatable bonds is 5. The van der Waals surface area contributed by atoms with Gasteiger partial charge < -0.3 is 5.32 Å². The predicted molar refractivity (Wildman–Crippen MR) is 83.6 cm³/mol. The van der Waals surface area contributed by atoms with E-state index >= 15 is 0 Å². The molecule has 100 valence electrons. The number of benzene rings is 2. The van der Waals surface area contributed by atoms with E-state index in [9.17, 15) is 0 Å². The number of hydrogen-bond donors (Lipinski definition) is 1. The van der Waals surface area contributed by atoms with Crippen molar-refractivity contribution in [3.63, 3.8) is 0 Å². The highest BCUT2D eigenvalue weighted by molar-refractivity contribution is 6.33. The van der Waals surface area contributed by atoms with Crippen molar-refractivity contribution < 1.29 is 0 Å². The number of halogens is 1. The monoisotopic (exact) mass is 273 g/mol. The highest BCUT2D eigenvalue weighted by Gasteiger charge is 2.04. The zero-order chi connectivity index (χ0) is 13.7. The molecule has 2 rings (SSSR count). The summed E-state index contributed by atoms with van der Waals surface area (Å²) in [7, 11) is 0. The van der Waals surface area contributed by atoms with Crippen molar-refractivity contribution in [2.75, 3.05) is 6.54 Å². The van der Waals surface area contributed by atoms with Crippen molar-refractivity contribution >= 4 is 11.6 Å². The maximum absolute atomic E-state index is 6.39. The van der Waals surface area contributed by atoms with Crippen LogP contribution in [-0.4, -0.2) is 6.54 Å². The second-order valence-electron chi connectivity index (χ2n) is 4.86. The Balaban J connectivity index is 2.17. The second kappa shape index (κ2) is 6.74. The highest BCUT2D eigenvalue weighted by atomic mass is 35.5. The fourth-order valence-electron chi connectivity index (χ4n) is 2.05. The Bertz CT molecular complexity index is 531. The average Bonchev–Trinajstić information content (AvgIpc) is 2.41. The highest BCUT2D eigenvalue weighted by Crippen LogP contribution is 2.28. The zero-order valence-corrected chi connectivity index (χ0v) is 12.3. The maximum atomic E-state index is 6.39. The second-order valence-corrected chi connectivity index (χ2v) is 5.26. The molecule has 0 aliphatic heterocycles. The van der Waals surface area contributed by atoms with E-state index in [4.69, 9.17) is 11.6 Å². The molecule has 0 aromatic heterocycles. The van der Waals surface area contributed by atoms with Crippen molar-refractivity contribution in [3.05, 3.63) is 58.6 Å². The first-order valence-corrected chi connectivity index (χ1v) is 7.14. The smallest absolute Gasteiger partial charge is 0.0487 e. The molecule has 0 saturated carbocycles. The van der Waals surface area contributed by atoms with Gasteiger partial charge in [-0.25, -0.2) is 0 Å². The molecule has 0 spiro atoms. The summed E-state index contributed by atoms with van der Waals surface area (Å²) in [6.07, 6.45) is 1.15. The molecule has 2 heteroatoms. The van der Waals surface area contributed by atoms with Gasteiger partial charge in [-0.1, -0.05) is 60.5 Å². The van der Waals surface area contributed by atoms with Crippen LogP contribution in [0.2, 0.25) is 5.02 Å². The molecule has 0 saturated heterocycles. The lowest BCUT2D eigenvalue weighted by molar-refractivity contribution is 0.675. The Morgan fingerprint density at radius 3 is 2.42 bits per heavy atom. The maximum Gasteiger partial charge on any atom is 0.0487 e. The third kappa shape index (κ3) is 3.82. The van der Waals surface area contributed by atoms with Gasteiger partial charge in [0.2, 0.25) is 0 Å². The Labute approximate surface area is 120 Å². The minimum absolute atomic E-state index is 0.819.